The van der Waals surface area contributed by atoms with Gasteiger partial charge in [-0.05, 0) is 49.2 Å². The summed E-state index contributed by atoms with van der Waals surface area (Å²) < 4.78 is 6.95. The van der Waals surface area contributed by atoms with E-state index in [9.17, 15) is 9.59 Å². The van der Waals surface area contributed by atoms with Gasteiger partial charge in [0.05, 0.1) is 12.9 Å². The first-order chi connectivity index (χ1) is 15.4. The molecule has 2 aromatic carbocycles. The molecule has 0 aliphatic carbocycles. The van der Waals surface area contributed by atoms with Gasteiger partial charge in [-0.2, -0.15) is 0 Å². The van der Waals surface area contributed by atoms with Crippen molar-refractivity contribution < 1.29 is 14.3 Å². The number of anilines is 1. The predicted molar refractivity (Wildman–Crippen MR) is 125 cm³/mol. The third-order valence-electron chi connectivity index (χ3n) is 4.99. The molecule has 0 aliphatic rings. The Bertz CT molecular complexity index is 1080. The van der Waals surface area contributed by atoms with Crippen molar-refractivity contribution in [2.75, 3.05) is 24.7 Å². The third kappa shape index (κ3) is 5.88. The number of hydrogen-bond acceptors (Lipinski definition) is 6. The Morgan fingerprint density at radius 1 is 1.06 bits per heavy atom. The molecule has 0 saturated heterocycles. The van der Waals surface area contributed by atoms with Gasteiger partial charge in [-0.1, -0.05) is 30.0 Å². The number of amides is 2. The van der Waals surface area contributed by atoms with Crippen LogP contribution in [0.2, 0.25) is 0 Å². The van der Waals surface area contributed by atoms with Crippen molar-refractivity contribution in [2.45, 2.75) is 25.4 Å². The lowest BCUT2D eigenvalue weighted by atomic mass is 10.1. The molecule has 2 N–H and O–H groups in total. The predicted octanol–water partition coefficient (Wildman–Crippen LogP) is 3.14. The molecule has 0 fully saturated rings. The minimum Gasteiger partial charge on any atom is -0.497 e. The quantitative estimate of drug-likeness (QED) is 0.483. The molecule has 0 saturated carbocycles. The normalized spacial score (nSPS) is 10.6. The van der Waals surface area contributed by atoms with E-state index in [1.165, 1.54) is 11.8 Å². The van der Waals surface area contributed by atoms with Crippen molar-refractivity contribution in [1.82, 2.24) is 20.1 Å². The van der Waals surface area contributed by atoms with E-state index in [1.807, 2.05) is 43.7 Å². The Morgan fingerprint density at radius 2 is 1.75 bits per heavy atom. The second-order valence-corrected chi connectivity index (χ2v) is 8.24. The molecule has 2 amide bonds. The highest BCUT2D eigenvalue weighted by atomic mass is 32.2. The Morgan fingerprint density at radius 3 is 2.41 bits per heavy atom. The number of para-hydroxylation sites is 1. The van der Waals surface area contributed by atoms with Crippen molar-refractivity contribution >= 4 is 29.3 Å². The van der Waals surface area contributed by atoms with Crippen LogP contribution >= 0.6 is 11.8 Å². The highest BCUT2D eigenvalue weighted by molar-refractivity contribution is 7.99. The van der Waals surface area contributed by atoms with Crippen LogP contribution in [0.15, 0.2) is 47.6 Å². The molecular formula is C23H27N5O3S. The molecule has 0 unspecified atom stereocenters. The first kappa shape index (κ1) is 23.3. The van der Waals surface area contributed by atoms with Crippen LogP contribution in [0.1, 0.15) is 27.3 Å². The van der Waals surface area contributed by atoms with E-state index in [4.69, 9.17) is 4.74 Å². The number of aromatic nitrogens is 3. The molecule has 32 heavy (non-hydrogen) atoms. The summed E-state index contributed by atoms with van der Waals surface area (Å²) in [5, 5.41) is 14.9. The van der Waals surface area contributed by atoms with Crippen molar-refractivity contribution in [2.24, 2.45) is 7.05 Å². The summed E-state index contributed by atoms with van der Waals surface area (Å²) in [6, 6.07) is 12.8. The van der Waals surface area contributed by atoms with Crippen LogP contribution < -0.4 is 15.4 Å². The summed E-state index contributed by atoms with van der Waals surface area (Å²) in [7, 11) is 3.44. The summed E-state index contributed by atoms with van der Waals surface area (Å²) in [6.07, 6.45) is 0.528. The summed E-state index contributed by atoms with van der Waals surface area (Å²) >= 11 is 1.33. The average Bonchev–Trinajstić information content (AvgIpc) is 3.14. The van der Waals surface area contributed by atoms with Crippen molar-refractivity contribution in [1.29, 1.82) is 0 Å². The van der Waals surface area contributed by atoms with Gasteiger partial charge in [-0.25, -0.2) is 0 Å². The highest BCUT2D eigenvalue weighted by Crippen LogP contribution is 2.21. The zero-order valence-corrected chi connectivity index (χ0v) is 19.5. The molecule has 0 radical (unpaired) electrons. The van der Waals surface area contributed by atoms with E-state index in [2.05, 4.69) is 20.8 Å². The highest BCUT2D eigenvalue weighted by Gasteiger charge is 2.13. The molecule has 1 aromatic heterocycles. The van der Waals surface area contributed by atoms with Crippen LogP contribution in [-0.4, -0.2) is 46.0 Å². The topological polar surface area (TPSA) is 98.1 Å². The minimum atomic E-state index is -0.160. The Balaban J connectivity index is 1.48. The average molecular weight is 454 g/mol. The fourth-order valence-electron chi connectivity index (χ4n) is 3.14. The van der Waals surface area contributed by atoms with Gasteiger partial charge in [0, 0.05) is 31.3 Å². The van der Waals surface area contributed by atoms with Gasteiger partial charge in [0.15, 0.2) is 5.16 Å². The van der Waals surface area contributed by atoms with Crippen LogP contribution in [0, 0.1) is 13.8 Å². The molecule has 3 aromatic rings. The van der Waals surface area contributed by atoms with E-state index in [0.29, 0.717) is 29.4 Å². The molecule has 3 rings (SSSR count). The smallest absolute Gasteiger partial charge is 0.251 e. The number of rotatable bonds is 9. The molecule has 0 aliphatic heterocycles. The number of ether oxygens (including phenoxy) is 1. The van der Waals surface area contributed by atoms with Crippen molar-refractivity contribution in [3.63, 3.8) is 0 Å². The van der Waals surface area contributed by atoms with Gasteiger partial charge in [-0.3, -0.25) is 9.59 Å². The summed E-state index contributed by atoms with van der Waals surface area (Å²) in [5.41, 5.74) is 3.47. The number of methoxy groups -OCH3 is 1. The number of nitrogens with zero attached hydrogens (tertiary/aromatic N) is 3. The molecule has 9 heteroatoms. The van der Waals surface area contributed by atoms with Gasteiger partial charge in [0.1, 0.15) is 11.6 Å². The number of thioether (sulfide) groups is 1. The maximum atomic E-state index is 12.4. The molecule has 0 bridgehead atoms. The molecule has 168 valence electrons. The number of benzene rings is 2. The molecule has 0 spiro atoms. The fourth-order valence-corrected chi connectivity index (χ4v) is 3.87. The third-order valence-corrected chi connectivity index (χ3v) is 6.01. The lowest BCUT2D eigenvalue weighted by Crippen LogP contribution is -2.26. The first-order valence-electron chi connectivity index (χ1n) is 10.2. The van der Waals surface area contributed by atoms with Crippen LogP contribution in [0.3, 0.4) is 0 Å². The summed E-state index contributed by atoms with van der Waals surface area (Å²) in [4.78, 5) is 24.6. The van der Waals surface area contributed by atoms with E-state index in [-0.39, 0.29) is 17.6 Å². The van der Waals surface area contributed by atoms with Crippen LogP contribution in [0.25, 0.3) is 0 Å². The molecule has 1 heterocycles. The van der Waals surface area contributed by atoms with E-state index in [0.717, 1.165) is 22.6 Å². The van der Waals surface area contributed by atoms with Gasteiger partial charge in [0.25, 0.3) is 5.91 Å². The summed E-state index contributed by atoms with van der Waals surface area (Å²) in [6.45, 7) is 4.37. The number of carbonyl (C=O) groups excluding carboxylic acids is 2. The molecule has 0 atom stereocenters. The van der Waals surface area contributed by atoms with Crippen LogP contribution in [-0.2, 0) is 18.3 Å². The fraction of sp³-hybridized carbons (Fsp3) is 0.304. The second-order valence-electron chi connectivity index (χ2n) is 7.30. The zero-order chi connectivity index (χ0) is 23.1. The largest absolute Gasteiger partial charge is 0.497 e. The van der Waals surface area contributed by atoms with Crippen LogP contribution in [0.5, 0.6) is 5.75 Å². The maximum absolute atomic E-state index is 12.4. The van der Waals surface area contributed by atoms with Gasteiger partial charge in [-0.15, -0.1) is 10.2 Å². The summed E-state index contributed by atoms with van der Waals surface area (Å²) in [5.74, 6) is 1.41. The van der Waals surface area contributed by atoms with Crippen molar-refractivity contribution in [3.8, 4) is 5.75 Å². The SMILES string of the molecule is COc1ccc(C(=O)NCCc2nnc(SCC(=O)Nc3c(C)cccc3C)n2C)cc1. The van der Waals surface area contributed by atoms with Gasteiger partial charge < -0.3 is 19.9 Å². The van der Waals surface area contributed by atoms with Gasteiger partial charge >= 0.3 is 0 Å². The first-order valence-corrected chi connectivity index (χ1v) is 11.2. The Hall–Kier alpha value is -3.33. The van der Waals surface area contributed by atoms with E-state index < -0.39 is 0 Å². The number of carbonyl (C=O) groups is 2. The monoisotopic (exact) mass is 453 g/mol. The maximum Gasteiger partial charge on any atom is 0.251 e. The minimum absolute atomic E-state index is 0.0938. The second kappa shape index (κ2) is 10.8. The number of aryl methyl sites for hydroxylation is 2. The van der Waals surface area contributed by atoms with E-state index >= 15 is 0 Å². The lowest BCUT2D eigenvalue weighted by molar-refractivity contribution is -0.113. The number of nitrogens with one attached hydrogen (secondary N) is 2. The zero-order valence-electron chi connectivity index (χ0n) is 18.6. The Labute approximate surface area is 191 Å². The lowest BCUT2D eigenvalue weighted by Gasteiger charge is -2.11. The molecule has 8 nitrogen and oxygen atoms in total. The van der Waals surface area contributed by atoms with Crippen LogP contribution in [0.4, 0.5) is 5.69 Å². The standard InChI is InChI=1S/C23H27N5O3S/c1-15-6-5-7-16(2)21(15)25-20(29)14-32-23-27-26-19(28(23)3)12-13-24-22(30)17-8-10-18(31-4)11-9-17/h5-11H,12-14H2,1-4H3,(H,24,30)(H,25,29). The Kier molecular flexibility index (Phi) is 7.88. The van der Waals surface area contributed by atoms with Crippen molar-refractivity contribution in [3.05, 3.63) is 65.0 Å². The molecular weight excluding hydrogens is 426 g/mol. The number of hydrogen-bond donors (Lipinski definition) is 2. The van der Waals surface area contributed by atoms with Gasteiger partial charge in [0.2, 0.25) is 5.91 Å². The van der Waals surface area contributed by atoms with E-state index in [1.54, 1.807) is 31.4 Å².